The molecule has 2 aromatic carbocycles. The lowest BCUT2D eigenvalue weighted by Crippen LogP contribution is -2.27. The van der Waals surface area contributed by atoms with Gasteiger partial charge in [0.15, 0.2) is 0 Å². The van der Waals surface area contributed by atoms with Crippen LogP contribution in [-0.4, -0.2) is 60.4 Å². The molecule has 32 heavy (non-hydrogen) atoms. The number of nitrogens with zero attached hydrogens (tertiary/aromatic N) is 2. The Hall–Kier alpha value is -2.44. The van der Waals surface area contributed by atoms with Crippen LogP contribution < -0.4 is 19.3 Å². The molecular weight excluding hydrogens is 404 g/mol. The topological polar surface area (TPSA) is 43.4 Å². The van der Waals surface area contributed by atoms with Gasteiger partial charge in [0, 0.05) is 59.1 Å². The zero-order chi connectivity index (χ0) is 22.9. The Morgan fingerprint density at radius 1 is 0.719 bits per heavy atom. The van der Waals surface area contributed by atoms with Crippen LogP contribution in [0.25, 0.3) is 0 Å². The highest BCUT2D eigenvalue weighted by atomic mass is 16.5. The fourth-order valence-corrected chi connectivity index (χ4v) is 4.44. The lowest BCUT2D eigenvalue weighted by molar-refractivity contribution is 0.170. The van der Waals surface area contributed by atoms with Crippen molar-refractivity contribution in [1.29, 1.82) is 0 Å². The molecule has 0 N–H and O–H groups in total. The summed E-state index contributed by atoms with van der Waals surface area (Å²) < 4.78 is 22.7. The van der Waals surface area contributed by atoms with Gasteiger partial charge < -0.3 is 28.7 Å². The molecule has 1 fully saturated rings. The van der Waals surface area contributed by atoms with E-state index in [1.807, 2.05) is 18.2 Å². The van der Waals surface area contributed by atoms with Crippen molar-refractivity contribution in [2.75, 3.05) is 70.2 Å². The maximum atomic E-state index is 6.18. The van der Waals surface area contributed by atoms with Crippen molar-refractivity contribution in [3.05, 3.63) is 47.0 Å². The van der Waals surface area contributed by atoms with Gasteiger partial charge in [-0.3, -0.25) is 0 Å². The molecule has 6 heteroatoms. The van der Waals surface area contributed by atoms with Crippen molar-refractivity contribution < 1.29 is 18.9 Å². The summed E-state index contributed by atoms with van der Waals surface area (Å²) >= 11 is 0. The minimum atomic E-state index is 0.613. The van der Waals surface area contributed by atoms with Crippen LogP contribution in [0.4, 0.5) is 11.4 Å². The third-order valence-corrected chi connectivity index (χ3v) is 5.71. The lowest BCUT2D eigenvalue weighted by atomic mass is 10.0. The summed E-state index contributed by atoms with van der Waals surface area (Å²) in [4.78, 5) is 4.83. The van der Waals surface area contributed by atoms with E-state index in [4.69, 9.17) is 18.9 Å². The van der Waals surface area contributed by atoms with Gasteiger partial charge in [-0.15, -0.1) is 0 Å². The van der Waals surface area contributed by atoms with Crippen LogP contribution >= 0.6 is 0 Å². The number of methoxy groups -OCH3 is 2. The van der Waals surface area contributed by atoms with E-state index in [9.17, 15) is 0 Å². The smallest absolute Gasteiger partial charge is 0.146 e. The van der Waals surface area contributed by atoms with Gasteiger partial charge in [0.05, 0.1) is 19.9 Å². The zero-order valence-corrected chi connectivity index (χ0v) is 20.3. The molecule has 0 bridgehead atoms. The molecule has 6 nitrogen and oxygen atoms in total. The van der Waals surface area contributed by atoms with Gasteiger partial charge in [0.2, 0.25) is 0 Å². The highest BCUT2D eigenvalue weighted by molar-refractivity contribution is 5.71. The largest absolute Gasteiger partial charge is 0.491 e. The second-order valence-corrected chi connectivity index (χ2v) is 8.41. The van der Waals surface area contributed by atoms with E-state index in [1.165, 1.54) is 22.4 Å². The molecule has 0 atom stereocenters. The predicted octanol–water partition coefficient (Wildman–Crippen LogP) is 4.73. The monoisotopic (exact) mass is 442 g/mol. The molecule has 0 amide bonds. The van der Waals surface area contributed by atoms with E-state index in [-0.39, 0.29) is 0 Å². The van der Waals surface area contributed by atoms with E-state index in [0.717, 1.165) is 49.8 Å². The molecule has 0 unspecified atom stereocenters. The van der Waals surface area contributed by atoms with Gasteiger partial charge in [-0.05, 0) is 44.0 Å². The van der Waals surface area contributed by atoms with Crippen molar-refractivity contribution >= 4 is 11.4 Å². The molecule has 1 heterocycles. The van der Waals surface area contributed by atoms with E-state index < -0.39 is 0 Å². The lowest BCUT2D eigenvalue weighted by Gasteiger charge is -2.27. The van der Waals surface area contributed by atoms with E-state index in [0.29, 0.717) is 26.4 Å². The summed E-state index contributed by atoms with van der Waals surface area (Å²) in [6.07, 6.45) is 1.70. The Bertz CT molecular complexity index is 818. The Morgan fingerprint density at radius 2 is 1.22 bits per heavy atom. The summed E-state index contributed by atoms with van der Waals surface area (Å²) in [6.45, 7) is 11.8. The number of aryl methyl sites for hydroxylation is 3. The Labute approximate surface area is 193 Å². The number of anilines is 2. The molecule has 1 aliphatic rings. The van der Waals surface area contributed by atoms with Crippen LogP contribution in [0.2, 0.25) is 0 Å². The van der Waals surface area contributed by atoms with Crippen LogP contribution in [0.3, 0.4) is 0 Å². The van der Waals surface area contributed by atoms with Gasteiger partial charge >= 0.3 is 0 Å². The van der Waals surface area contributed by atoms with Crippen LogP contribution in [0.1, 0.15) is 29.5 Å². The standard InChI is InChI=1S/C26H38N2O4/c1-20-17-21(2)25(22(3)18-20)27-11-12-28(19-27)26-23(31-15-7-13-29-4)9-6-10-24(26)32-16-8-14-30-5/h6,9-10,17-18H,7-8,11-16,19H2,1-5H3. The van der Waals surface area contributed by atoms with Crippen LogP contribution in [0.15, 0.2) is 30.3 Å². The average Bonchev–Trinajstić information content (AvgIpc) is 3.23. The predicted molar refractivity (Wildman–Crippen MR) is 131 cm³/mol. The zero-order valence-electron chi connectivity index (χ0n) is 20.3. The fraction of sp³-hybridized carbons (Fsp3) is 0.538. The third-order valence-electron chi connectivity index (χ3n) is 5.71. The summed E-state index contributed by atoms with van der Waals surface area (Å²) in [5.41, 5.74) is 6.32. The van der Waals surface area contributed by atoms with Gasteiger partial charge in [-0.1, -0.05) is 23.8 Å². The summed E-state index contributed by atoms with van der Waals surface area (Å²) in [6, 6.07) is 10.6. The van der Waals surface area contributed by atoms with Crippen molar-refractivity contribution in [2.24, 2.45) is 0 Å². The molecule has 0 aromatic heterocycles. The number of benzene rings is 2. The van der Waals surface area contributed by atoms with Gasteiger partial charge in [-0.25, -0.2) is 0 Å². The second-order valence-electron chi connectivity index (χ2n) is 8.41. The molecule has 0 radical (unpaired) electrons. The quantitative estimate of drug-likeness (QED) is 0.443. The first-order valence-electron chi connectivity index (χ1n) is 11.5. The number of hydrogen-bond acceptors (Lipinski definition) is 6. The Balaban J connectivity index is 1.82. The molecule has 176 valence electrons. The molecular formula is C26H38N2O4. The van der Waals surface area contributed by atoms with Gasteiger partial charge in [0.1, 0.15) is 17.2 Å². The second kappa shape index (κ2) is 12.0. The number of ether oxygens (including phenoxy) is 4. The maximum Gasteiger partial charge on any atom is 0.146 e. The first-order chi connectivity index (χ1) is 15.5. The number of hydrogen-bond donors (Lipinski definition) is 0. The molecule has 0 aliphatic carbocycles. The molecule has 1 saturated heterocycles. The maximum absolute atomic E-state index is 6.18. The first kappa shape index (κ1) is 24.2. The summed E-state index contributed by atoms with van der Waals surface area (Å²) in [5, 5.41) is 0. The Morgan fingerprint density at radius 3 is 1.72 bits per heavy atom. The van der Waals surface area contributed by atoms with Crippen molar-refractivity contribution in [3.8, 4) is 11.5 Å². The van der Waals surface area contributed by atoms with Crippen molar-refractivity contribution in [2.45, 2.75) is 33.6 Å². The normalized spacial score (nSPS) is 13.7. The molecule has 2 aromatic rings. The van der Waals surface area contributed by atoms with E-state index in [1.54, 1.807) is 14.2 Å². The average molecular weight is 443 g/mol. The fourth-order valence-electron chi connectivity index (χ4n) is 4.44. The summed E-state index contributed by atoms with van der Waals surface area (Å²) in [5.74, 6) is 1.73. The minimum absolute atomic E-state index is 0.613. The highest BCUT2D eigenvalue weighted by Gasteiger charge is 2.27. The molecule has 1 aliphatic heterocycles. The number of rotatable bonds is 12. The minimum Gasteiger partial charge on any atom is -0.491 e. The van der Waals surface area contributed by atoms with Gasteiger partial charge in [-0.2, -0.15) is 0 Å². The Kier molecular flexibility index (Phi) is 9.06. The SMILES string of the molecule is COCCCOc1cccc(OCCCOC)c1N1CCN(c2c(C)cc(C)cc2C)C1. The highest BCUT2D eigenvalue weighted by Crippen LogP contribution is 2.40. The van der Waals surface area contributed by atoms with Crippen LogP contribution in [0, 0.1) is 20.8 Å². The summed E-state index contributed by atoms with van der Waals surface area (Å²) in [7, 11) is 3.43. The number of para-hydroxylation sites is 1. The molecule has 3 rings (SSSR count). The third kappa shape index (κ3) is 6.08. The van der Waals surface area contributed by atoms with Crippen LogP contribution in [0.5, 0.6) is 11.5 Å². The first-order valence-corrected chi connectivity index (χ1v) is 11.5. The van der Waals surface area contributed by atoms with E-state index >= 15 is 0 Å². The van der Waals surface area contributed by atoms with E-state index in [2.05, 4.69) is 42.7 Å². The van der Waals surface area contributed by atoms with Gasteiger partial charge in [0.25, 0.3) is 0 Å². The van der Waals surface area contributed by atoms with Crippen molar-refractivity contribution in [3.63, 3.8) is 0 Å². The molecule has 0 spiro atoms. The molecule has 0 saturated carbocycles. The van der Waals surface area contributed by atoms with Crippen molar-refractivity contribution in [1.82, 2.24) is 0 Å². The van der Waals surface area contributed by atoms with Crippen LogP contribution in [-0.2, 0) is 9.47 Å².